The topological polar surface area (TPSA) is 59.0 Å². The summed E-state index contributed by atoms with van der Waals surface area (Å²) in [6.07, 6.45) is 5.03. The summed E-state index contributed by atoms with van der Waals surface area (Å²) in [4.78, 5) is 12.9. The van der Waals surface area contributed by atoms with Gasteiger partial charge in [-0.2, -0.15) is 5.10 Å². The molecule has 0 radical (unpaired) electrons. The summed E-state index contributed by atoms with van der Waals surface area (Å²) in [5, 5.41) is 11.3. The summed E-state index contributed by atoms with van der Waals surface area (Å²) in [5.41, 5.74) is 0.304. The zero-order valence-corrected chi connectivity index (χ0v) is 14.2. The predicted octanol–water partition coefficient (Wildman–Crippen LogP) is 2.35. The van der Waals surface area contributed by atoms with Crippen molar-refractivity contribution in [2.24, 2.45) is 0 Å². The van der Waals surface area contributed by atoms with E-state index >= 15 is 0 Å². The van der Waals surface area contributed by atoms with Gasteiger partial charge in [0.05, 0.1) is 0 Å². The van der Waals surface area contributed by atoms with Gasteiger partial charge in [-0.1, -0.05) is 29.8 Å². The fraction of sp³-hybridized carbons (Fsp3) is 0.375. The lowest BCUT2D eigenvalue weighted by Crippen LogP contribution is -2.54. The number of nitrogens with zero attached hydrogens (tertiary/aromatic N) is 2. The lowest BCUT2D eigenvalue weighted by atomic mass is 9.87. The van der Waals surface area contributed by atoms with Crippen LogP contribution in [0.2, 0.25) is 5.02 Å². The number of benzene rings is 1. The first-order valence-corrected chi connectivity index (χ1v) is 7.83. The van der Waals surface area contributed by atoms with Gasteiger partial charge in [0.25, 0.3) is 0 Å². The van der Waals surface area contributed by atoms with Crippen molar-refractivity contribution >= 4 is 29.9 Å². The summed E-state index contributed by atoms with van der Waals surface area (Å²) in [7, 11) is 0. The number of nitrogens with one attached hydrogen (secondary N) is 2. The number of aromatic nitrogens is 2. The van der Waals surface area contributed by atoms with Crippen LogP contribution < -0.4 is 10.6 Å². The third-order valence-electron chi connectivity index (χ3n) is 4.19. The minimum absolute atomic E-state index is 0. The molecular formula is C16H20Cl2N4O. The molecule has 124 valence electrons. The van der Waals surface area contributed by atoms with Crippen LogP contribution in [0.3, 0.4) is 0 Å². The van der Waals surface area contributed by atoms with Gasteiger partial charge in [-0.15, -0.1) is 12.4 Å². The van der Waals surface area contributed by atoms with Gasteiger partial charge in [-0.05, 0) is 43.6 Å². The Bertz CT molecular complexity index is 639. The smallest absolute Gasteiger partial charge is 0.248 e. The molecular weight excluding hydrogens is 335 g/mol. The van der Waals surface area contributed by atoms with Gasteiger partial charge in [0.15, 0.2) is 0 Å². The third kappa shape index (κ3) is 3.68. The van der Waals surface area contributed by atoms with Crippen LogP contribution in [0.4, 0.5) is 0 Å². The van der Waals surface area contributed by atoms with Crippen LogP contribution in [-0.4, -0.2) is 28.8 Å². The van der Waals surface area contributed by atoms with Crippen LogP contribution in [0.15, 0.2) is 42.7 Å². The van der Waals surface area contributed by atoms with E-state index in [1.54, 1.807) is 10.9 Å². The van der Waals surface area contributed by atoms with Gasteiger partial charge < -0.3 is 10.6 Å². The maximum Gasteiger partial charge on any atom is 0.248 e. The number of halogens is 2. The van der Waals surface area contributed by atoms with Crippen LogP contribution in [0, 0.1) is 0 Å². The maximum atomic E-state index is 12.9. The highest BCUT2D eigenvalue weighted by molar-refractivity contribution is 6.31. The van der Waals surface area contributed by atoms with E-state index in [0.29, 0.717) is 11.6 Å². The molecule has 1 aliphatic rings. The first kappa shape index (κ1) is 17.8. The molecule has 1 saturated heterocycles. The molecule has 0 unspecified atom stereocenters. The first-order valence-electron chi connectivity index (χ1n) is 7.45. The first-order chi connectivity index (χ1) is 10.7. The van der Waals surface area contributed by atoms with Crippen LogP contribution in [0.1, 0.15) is 18.4 Å². The van der Waals surface area contributed by atoms with Crippen molar-refractivity contribution in [3.8, 4) is 0 Å². The molecule has 0 saturated carbocycles. The van der Waals surface area contributed by atoms with E-state index in [1.165, 1.54) is 0 Å². The van der Waals surface area contributed by atoms with Crippen LogP contribution in [-0.2, 0) is 16.9 Å². The number of rotatable bonds is 4. The van der Waals surface area contributed by atoms with E-state index < -0.39 is 5.54 Å². The minimum Gasteiger partial charge on any atom is -0.350 e. The Labute approximate surface area is 146 Å². The lowest BCUT2D eigenvalue weighted by molar-refractivity contribution is -0.132. The average Bonchev–Trinajstić information content (AvgIpc) is 3.09. The van der Waals surface area contributed by atoms with Crippen molar-refractivity contribution in [2.75, 3.05) is 13.1 Å². The van der Waals surface area contributed by atoms with Gasteiger partial charge in [-0.25, -0.2) is 0 Å². The highest BCUT2D eigenvalue weighted by atomic mass is 35.5. The molecule has 1 aromatic carbocycles. The van der Waals surface area contributed by atoms with Crippen LogP contribution in [0.25, 0.3) is 0 Å². The van der Waals surface area contributed by atoms with E-state index in [2.05, 4.69) is 15.7 Å². The molecule has 0 atom stereocenters. The predicted molar refractivity (Wildman–Crippen MR) is 92.9 cm³/mol. The Morgan fingerprint density at radius 3 is 2.70 bits per heavy atom. The summed E-state index contributed by atoms with van der Waals surface area (Å²) < 4.78 is 1.79. The number of hydrogen-bond donors (Lipinski definition) is 2. The Morgan fingerprint density at radius 1 is 1.30 bits per heavy atom. The van der Waals surface area contributed by atoms with E-state index in [0.717, 1.165) is 31.5 Å². The standard InChI is InChI=1S/C16H19ClN4O.ClH/c17-14-5-2-1-4-13(14)12-19-15(22)16(6-9-18-10-7-16)21-11-3-8-20-21;/h1-5,8,11,18H,6-7,9-10,12H2,(H,19,22);1H. The number of hydrogen-bond acceptors (Lipinski definition) is 3. The largest absolute Gasteiger partial charge is 0.350 e. The zero-order chi connectivity index (χ0) is 15.4. The van der Waals surface area contributed by atoms with Gasteiger partial charge in [0, 0.05) is 24.0 Å². The second kappa shape index (κ2) is 7.81. The molecule has 1 fully saturated rings. The Hall–Kier alpha value is -1.56. The van der Waals surface area contributed by atoms with Gasteiger partial charge in [0.1, 0.15) is 5.54 Å². The molecule has 0 bridgehead atoms. The van der Waals surface area contributed by atoms with Crippen molar-refractivity contribution in [1.82, 2.24) is 20.4 Å². The Morgan fingerprint density at radius 2 is 2.04 bits per heavy atom. The second-order valence-electron chi connectivity index (χ2n) is 5.51. The minimum atomic E-state index is -0.615. The quantitative estimate of drug-likeness (QED) is 0.885. The number of amides is 1. The average molecular weight is 355 g/mol. The summed E-state index contributed by atoms with van der Waals surface area (Å²) in [5.74, 6) is -0.00220. The lowest BCUT2D eigenvalue weighted by Gasteiger charge is -2.36. The van der Waals surface area contributed by atoms with Crippen molar-refractivity contribution in [3.05, 3.63) is 53.3 Å². The molecule has 2 heterocycles. The van der Waals surface area contributed by atoms with Crippen molar-refractivity contribution in [1.29, 1.82) is 0 Å². The second-order valence-corrected chi connectivity index (χ2v) is 5.91. The van der Waals surface area contributed by atoms with E-state index in [4.69, 9.17) is 11.6 Å². The Kier molecular flexibility index (Phi) is 6.04. The fourth-order valence-electron chi connectivity index (χ4n) is 2.90. The fourth-order valence-corrected chi connectivity index (χ4v) is 3.11. The molecule has 1 aromatic heterocycles. The molecule has 0 aliphatic carbocycles. The number of carbonyl (C=O) groups is 1. The van der Waals surface area contributed by atoms with E-state index in [1.807, 2.05) is 36.5 Å². The number of carbonyl (C=O) groups excluding carboxylic acids is 1. The normalized spacial score (nSPS) is 16.4. The molecule has 3 rings (SSSR count). The summed E-state index contributed by atoms with van der Waals surface area (Å²) in [6.45, 7) is 2.04. The zero-order valence-electron chi connectivity index (χ0n) is 12.7. The Balaban J connectivity index is 0.00000192. The monoisotopic (exact) mass is 354 g/mol. The van der Waals surface area contributed by atoms with Gasteiger partial charge >= 0.3 is 0 Å². The van der Waals surface area contributed by atoms with Crippen molar-refractivity contribution in [2.45, 2.75) is 24.9 Å². The van der Waals surface area contributed by atoms with Gasteiger partial charge in [-0.3, -0.25) is 9.48 Å². The SMILES string of the molecule is Cl.O=C(NCc1ccccc1Cl)C1(n2cccn2)CCNCC1. The van der Waals surface area contributed by atoms with Crippen LogP contribution in [0.5, 0.6) is 0 Å². The molecule has 7 heteroatoms. The number of piperidine rings is 1. The van der Waals surface area contributed by atoms with E-state index in [9.17, 15) is 4.79 Å². The molecule has 5 nitrogen and oxygen atoms in total. The van der Waals surface area contributed by atoms with E-state index in [-0.39, 0.29) is 18.3 Å². The molecule has 1 amide bonds. The molecule has 23 heavy (non-hydrogen) atoms. The van der Waals surface area contributed by atoms with Crippen molar-refractivity contribution < 1.29 is 4.79 Å². The van der Waals surface area contributed by atoms with Crippen molar-refractivity contribution in [3.63, 3.8) is 0 Å². The summed E-state index contributed by atoms with van der Waals surface area (Å²) in [6, 6.07) is 9.40. The molecule has 2 N–H and O–H groups in total. The third-order valence-corrected chi connectivity index (χ3v) is 4.56. The maximum absolute atomic E-state index is 12.9. The molecule has 2 aromatic rings. The molecule has 1 aliphatic heterocycles. The van der Waals surface area contributed by atoms with Gasteiger partial charge in [0.2, 0.25) is 5.91 Å². The molecule has 0 spiro atoms. The summed E-state index contributed by atoms with van der Waals surface area (Å²) >= 11 is 6.15. The highest BCUT2D eigenvalue weighted by Gasteiger charge is 2.41. The van der Waals surface area contributed by atoms with Crippen LogP contribution >= 0.6 is 24.0 Å². The highest BCUT2D eigenvalue weighted by Crippen LogP contribution is 2.27.